The molecular weight excluding hydrogens is 360 g/mol. The summed E-state index contributed by atoms with van der Waals surface area (Å²) >= 11 is 1.36. The van der Waals surface area contributed by atoms with Crippen LogP contribution in [0.15, 0.2) is 28.9 Å². The third kappa shape index (κ3) is 3.32. The summed E-state index contributed by atoms with van der Waals surface area (Å²) in [7, 11) is 0. The second-order valence-electron chi connectivity index (χ2n) is 7.66. The van der Waals surface area contributed by atoms with Crippen molar-refractivity contribution in [3.05, 3.63) is 29.3 Å². The van der Waals surface area contributed by atoms with E-state index in [0.29, 0.717) is 21.6 Å². The van der Waals surface area contributed by atoms with Gasteiger partial charge >= 0.3 is 0 Å². The van der Waals surface area contributed by atoms with Gasteiger partial charge in [-0.3, -0.25) is 4.79 Å². The molecule has 2 fully saturated rings. The highest BCUT2D eigenvalue weighted by Crippen LogP contribution is 2.34. The summed E-state index contributed by atoms with van der Waals surface area (Å²) in [5.74, 6) is 0.758. The number of aromatic nitrogens is 2. The lowest BCUT2D eigenvalue weighted by atomic mass is 9.99. The normalized spacial score (nSPS) is 18.2. The van der Waals surface area contributed by atoms with Crippen molar-refractivity contribution in [1.82, 2.24) is 15.5 Å². The van der Waals surface area contributed by atoms with Gasteiger partial charge in [-0.05, 0) is 43.7 Å². The quantitative estimate of drug-likeness (QED) is 0.736. The first-order valence-electron chi connectivity index (χ1n) is 9.59. The zero-order chi connectivity index (χ0) is 18.4. The molecule has 0 atom stereocenters. The topological polar surface area (TPSA) is 71.3 Å². The monoisotopic (exact) mass is 382 g/mol. The van der Waals surface area contributed by atoms with Crippen molar-refractivity contribution in [1.29, 1.82) is 0 Å². The molecule has 3 aromatic rings. The largest absolute Gasteiger partial charge is 0.371 e. The fourth-order valence-corrected chi connectivity index (χ4v) is 4.33. The molecule has 7 heteroatoms. The molecule has 0 spiro atoms. The maximum absolute atomic E-state index is 12.2. The van der Waals surface area contributed by atoms with Gasteiger partial charge in [0.2, 0.25) is 0 Å². The van der Waals surface area contributed by atoms with Gasteiger partial charge < -0.3 is 14.7 Å². The Hall–Kier alpha value is -2.41. The van der Waals surface area contributed by atoms with Crippen molar-refractivity contribution in [2.24, 2.45) is 5.92 Å². The summed E-state index contributed by atoms with van der Waals surface area (Å²) in [5, 5.41) is 8.88. The fourth-order valence-electron chi connectivity index (χ4n) is 3.52. The highest BCUT2D eigenvalue weighted by Gasteiger charge is 2.25. The predicted octanol–water partition coefficient (Wildman–Crippen LogP) is 4.08. The van der Waals surface area contributed by atoms with Crippen molar-refractivity contribution in [2.45, 2.75) is 38.6 Å². The van der Waals surface area contributed by atoms with Crippen LogP contribution in [0.3, 0.4) is 0 Å². The van der Waals surface area contributed by atoms with Crippen LogP contribution in [0.1, 0.15) is 42.3 Å². The van der Waals surface area contributed by atoms with E-state index < -0.39 is 0 Å². The summed E-state index contributed by atoms with van der Waals surface area (Å²) in [6.07, 6.45) is 6.23. The number of hydrogen-bond donors (Lipinski definition) is 1. The van der Waals surface area contributed by atoms with E-state index in [1.807, 2.05) is 0 Å². The Kier molecular flexibility index (Phi) is 4.11. The van der Waals surface area contributed by atoms with Crippen LogP contribution in [0.25, 0.3) is 21.7 Å². The minimum atomic E-state index is -0.0457. The SMILES string of the molecule is CC1CCN(c2ccc3c(-c4ncc(C(=O)NC5CC5)s4)noc3c2)CC1. The molecule has 6 nitrogen and oxygen atoms in total. The van der Waals surface area contributed by atoms with Crippen LogP contribution in [-0.4, -0.2) is 35.2 Å². The van der Waals surface area contributed by atoms with Crippen LogP contribution < -0.4 is 10.2 Å². The highest BCUT2D eigenvalue weighted by atomic mass is 32.1. The number of nitrogens with one attached hydrogen (secondary N) is 1. The molecule has 1 saturated heterocycles. The lowest BCUT2D eigenvalue weighted by Crippen LogP contribution is -2.32. The molecular formula is C20H22N4O2S. The van der Waals surface area contributed by atoms with Crippen LogP contribution in [0, 0.1) is 5.92 Å². The maximum atomic E-state index is 12.2. The first-order valence-corrected chi connectivity index (χ1v) is 10.4. The molecule has 1 saturated carbocycles. The van der Waals surface area contributed by atoms with Gasteiger partial charge in [-0.2, -0.15) is 0 Å². The average Bonchev–Trinajstić information content (AvgIpc) is 3.19. The second-order valence-corrected chi connectivity index (χ2v) is 8.69. The van der Waals surface area contributed by atoms with Gasteiger partial charge in [0.25, 0.3) is 5.91 Å². The van der Waals surface area contributed by atoms with E-state index >= 15 is 0 Å². The zero-order valence-corrected chi connectivity index (χ0v) is 16.1. The van der Waals surface area contributed by atoms with Crippen LogP contribution in [-0.2, 0) is 0 Å². The smallest absolute Gasteiger partial charge is 0.263 e. The van der Waals surface area contributed by atoms with Gasteiger partial charge in [0.15, 0.2) is 5.58 Å². The number of carbonyl (C=O) groups is 1. The maximum Gasteiger partial charge on any atom is 0.263 e. The Balaban J connectivity index is 1.39. The molecule has 2 aromatic heterocycles. The first-order chi connectivity index (χ1) is 13.2. The zero-order valence-electron chi connectivity index (χ0n) is 15.3. The molecule has 0 unspecified atom stereocenters. The highest BCUT2D eigenvalue weighted by molar-refractivity contribution is 7.17. The van der Waals surface area contributed by atoms with E-state index in [4.69, 9.17) is 4.52 Å². The van der Waals surface area contributed by atoms with Gasteiger partial charge in [0.05, 0.1) is 11.6 Å². The Morgan fingerprint density at radius 3 is 2.85 bits per heavy atom. The summed E-state index contributed by atoms with van der Waals surface area (Å²) in [5.41, 5.74) is 2.65. The molecule has 1 aliphatic heterocycles. The number of thiazole rings is 1. The third-order valence-corrected chi connectivity index (χ3v) is 6.45. The summed E-state index contributed by atoms with van der Waals surface area (Å²) in [6, 6.07) is 6.59. The predicted molar refractivity (Wildman–Crippen MR) is 106 cm³/mol. The van der Waals surface area contributed by atoms with Gasteiger partial charge in [0, 0.05) is 30.9 Å². The lowest BCUT2D eigenvalue weighted by molar-refractivity contribution is 0.0955. The second kappa shape index (κ2) is 6.64. The molecule has 27 heavy (non-hydrogen) atoms. The van der Waals surface area contributed by atoms with Gasteiger partial charge in [-0.25, -0.2) is 4.98 Å². The molecule has 1 N–H and O–H groups in total. The van der Waals surface area contributed by atoms with Gasteiger partial charge in [0.1, 0.15) is 15.6 Å². The van der Waals surface area contributed by atoms with Crippen molar-refractivity contribution in [3.63, 3.8) is 0 Å². The van der Waals surface area contributed by atoms with E-state index in [0.717, 1.165) is 42.8 Å². The minimum Gasteiger partial charge on any atom is -0.371 e. The number of rotatable bonds is 4. The molecule has 0 radical (unpaired) electrons. The van der Waals surface area contributed by atoms with Gasteiger partial charge in [-0.1, -0.05) is 12.1 Å². The summed E-state index contributed by atoms with van der Waals surface area (Å²) in [6.45, 7) is 4.48. The molecule has 140 valence electrons. The van der Waals surface area contributed by atoms with Crippen molar-refractivity contribution in [3.8, 4) is 10.7 Å². The molecule has 1 aliphatic carbocycles. The van der Waals surface area contributed by atoms with Gasteiger partial charge in [-0.15, -0.1) is 11.3 Å². The number of benzene rings is 1. The molecule has 0 bridgehead atoms. The Labute approximate surface area is 161 Å². The number of anilines is 1. The summed E-state index contributed by atoms with van der Waals surface area (Å²) < 4.78 is 5.59. The number of hydrogen-bond acceptors (Lipinski definition) is 6. The van der Waals surface area contributed by atoms with Crippen molar-refractivity contribution < 1.29 is 9.32 Å². The van der Waals surface area contributed by atoms with Crippen LogP contribution >= 0.6 is 11.3 Å². The summed E-state index contributed by atoms with van der Waals surface area (Å²) in [4.78, 5) is 19.6. The fraction of sp³-hybridized carbons (Fsp3) is 0.450. The first kappa shape index (κ1) is 16.7. The molecule has 1 amide bonds. The molecule has 5 rings (SSSR count). The standard InChI is InChI=1S/C20H22N4O2S/c1-12-6-8-24(9-7-12)14-4-5-15-16(10-14)26-23-18(15)20-21-11-17(27-20)19(25)22-13-2-3-13/h4-5,10-13H,2-3,6-9H2,1H3,(H,22,25). The number of carbonyl (C=O) groups excluding carboxylic acids is 1. The van der Waals surface area contributed by atoms with Crippen LogP contribution in [0.5, 0.6) is 0 Å². The van der Waals surface area contributed by atoms with E-state index in [9.17, 15) is 4.79 Å². The van der Waals surface area contributed by atoms with E-state index in [-0.39, 0.29) is 5.91 Å². The molecule has 1 aromatic carbocycles. The third-order valence-electron chi connectivity index (χ3n) is 5.45. The van der Waals surface area contributed by atoms with Crippen LogP contribution in [0.4, 0.5) is 5.69 Å². The molecule has 3 heterocycles. The average molecular weight is 382 g/mol. The molecule has 2 aliphatic rings. The number of nitrogens with zero attached hydrogens (tertiary/aromatic N) is 3. The van der Waals surface area contributed by atoms with Crippen LogP contribution in [0.2, 0.25) is 0 Å². The lowest BCUT2D eigenvalue weighted by Gasteiger charge is -2.32. The number of piperidine rings is 1. The van der Waals surface area contributed by atoms with E-state index in [1.165, 1.54) is 29.9 Å². The Bertz CT molecular complexity index is 983. The van der Waals surface area contributed by atoms with Crippen molar-refractivity contribution >= 4 is 33.9 Å². The Morgan fingerprint density at radius 2 is 2.07 bits per heavy atom. The van der Waals surface area contributed by atoms with Crippen molar-refractivity contribution in [2.75, 3.05) is 18.0 Å². The van der Waals surface area contributed by atoms with E-state index in [2.05, 4.69) is 45.5 Å². The van der Waals surface area contributed by atoms with E-state index in [1.54, 1.807) is 6.20 Å². The number of amides is 1. The number of fused-ring (bicyclic) bond motifs is 1. The minimum absolute atomic E-state index is 0.0457. The Morgan fingerprint density at radius 1 is 1.26 bits per heavy atom.